The van der Waals surface area contributed by atoms with E-state index >= 15 is 0 Å². The van der Waals surface area contributed by atoms with Gasteiger partial charge in [-0.1, -0.05) is 30.7 Å². The van der Waals surface area contributed by atoms with E-state index in [1.54, 1.807) is 0 Å². The number of ether oxygens (including phenoxy) is 1. The molecule has 3 heterocycles. The van der Waals surface area contributed by atoms with Gasteiger partial charge in [0.2, 0.25) is 5.91 Å². The smallest absolute Gasteiger partial charge is 0.223 e. The van der Waals surface area contributed by atoms with E-state index in [-0.39, 0.29) is 11.8 Å². The van der Waals surface area contributed by atoms with Gasteiger partial charge in [0, 0.05) is 62.8 Å². The van der Waals surface area contributed by atoms with Crippen LogP contribution in [0.5, 0.6) is 0 Å². The number of carbonyl (C=O) groups is 1. The number of nitrogens with one attached hydrogen (secondary N) is 1. The Bertz CT molecular complexity index is 1090. The molecule has 1 N–H and O–H groups in total. The molecule has 3 aromatic rings. The fraction of sp³-hybridized carbons (Fsp3) is 0.500. The third kappa shape index (κ3) is 5.60. The summed E-state index contributed by atoms with van der Waals surface area (Å²) in [6.07, 6.45) is 8.88. The summed E-state index contributed by atoms with van der Waals surface area (Å²) >= 11 is 0. The molecule has 1 aliphatic carbocycles. The number of hydrogen-bond donors (Lipinski definition) is 1. The van der Waals surface area contributed by atoms with Gasteiger partial charge in [0.1, 0.15) is 11.5 Å². The molecule has 0 atom stereocenters. The van der Waals surface area contributed by atoms with Crippen molar-refractivity contribution in [1.29, 1.82) is 0 Å². The van der Waals surface area contributed by atoms with Gasteiger partial charge in [0.05, 0.1) is 13.2 Å². The maximum Gasteiger partial charge on any atom is 0.223 e. The molecule has 33 heavy (non-hydrogen) atoms. The molecule has 0 bridgehead atoms. The lowest BCUT2D eigenvalue weighted by molar-refractivity contribution is -0.127. The topological polar surface area (TPSA) is 72.3 Å². The summed E-state index contributed by atoms with van der Waals surface area (Å²) in [5.74, 6) is 1.31. The summed E-state index contributed by atoms with van der Waals surface area (Å²) in [6, 6.07) is 10.8. The molecule has 1 saturated carbocycles. The molecule has 2 aliphatic rings. The van der Waals surface area contributed by atoms with Gasteiger partial charge in [0.25, 0.3) is 0 Å². The van der Waals surface area contributed by atoms with Crippen LogP contribution in [0.2, 0.25) is 0 Å². The number of carbonyl (C=O) groups excluding carboxylic acids is 1. The molecule has 2 aromatic heterocycles. The summed E-state index contributed by atoms with van der Waals surface area (Å²) in [5, 5.41) is 4.13. The van der Waals surface area contributed by atoms with Crippen molar-refractivity contribution < 1.29 is 9.53 Å². The summed E-state index contributed by atoms with van der Waals surface area (Å²) in [7, 11) is 0. The zero-order chi connectivity index (χ0) is 22.5. The van der Waals surface area contributed by atoms with Gasteiger partial charge in [-0.3, -0.25) is 9.69 Å². The zero-order valence-electron chi connectivity index (χ0n) is 19.2. The normalized spacial score (nSPS) is 17.2. The molecule has 1 saturated heterocycles. The summed E-state index contributed by atoms with van der Waals surface area (Å²) < 4.78 is 7.63. The number of aryl methyl sites for hydroxylation is 1. The Labute approximate surface area is 195 Å². The third-order valence-corrected chi connectivity index (χ3v) is 6.77. The SMILES string of the molecule is O=C(NCCCn1ccc2cnc(Cc3cccc(CN4CCOCC4)c3)nc21)C1CCC1. The van der Waals surface area contributed by atoms with Crippen LogP contribution in [-0.2, 0) is 29.0 Å². The van der Waals surface area contributed by atoms with Gasteiger partial charge in [-0.05, 0) is 36.5 Å². The van der Waals surface area contributed by atoms with E-state index in [9.17, 15) is 4.79 Å². The van der Waals surface area contributed by atoms with E-state index in [4.69, 9.17) is 9.72 Å². The van der Waals surface area contributed by atoms with Crippen LogP contribution in [0.15, 0.2) is 42.7 Å². The van der Waals surface area contributed by atoms with Gasteiger partial charge < -0.3 is 14.6 Å². The Kier molecular flexibility index (Phi) is 6.98. The third-order valence-electron chi connectivity index (χ3n) is 6.77. The van der Waals surface area contributed by atoms with Gasteiger partial charge >= 0.3 is 0 Å². The second-order valence-electron chi connectivity index (χ2n) is 9.23. The molecular formula is C26H33N5O2. The van der Waals surface area contributed by atoms with E-state index in [0.29, 0.717) is 6.54 Å². The Balaban J connectivity index is 1.19. The molecule has 0 radical (unpaired) electrons. The highest BCUT2D eigenvalue weighted by Crippen LogP contribution is 2.26. The fourth-order valence-corrected chi connectivity index (χ4v) is 4.59. The van der Waals surface area contributed by atoms with Crippen LogP contribution in [0.25, 0.3) is 11.0 Å². The predicted molar refractivity (Wildman–Crippen MR) is 128 cm³/mol. The number of aromatic nitrogens is 3. The lowest BCUT2D eigenvalue weighted by Crippen LogP contribution is -2.35. The number of amides is 1. The van der Waals surface area contributed by atoms with E-state index < -0.39 is 0 Å². The minimum atomic E-state index is 0.221. The molecule has 1 aromatic carbocycles. The van der Waals surface area contributed by atoms with Crippen LogP contribution in [0.4, 0.5) is 0 Å². The van der Waals surface area contributed by atoms with Crippen molar-refractivity contribution in [2.75, 3.05) is 32.8 Å². The molecule has 7 nitrogen and oxygen atoms in total. The second-order valence-corrected chi connectivity index (χ2v) is 9.23. The first-order chi connectivity index (χ1) is 16.2. The average Bonchev–Trinajstić information content (AvgIpc) is 3.19. The minimum absolute atomic E-state index is 0.221. The molecular weight excluding hydrogens is 414 g/mol. The van der Waals surface area contributed by atoms with E-state index in [2.05, 4.69) is 56.3 Å². The van der Waals surface area contributed by atoms with Crippen molar-refractivity contribution in [2.24, 2.45) is 5.92 Å². The van der Waals surface area contributed by atoms with E-state index in [0.717, 1.165) is 81.9 Å². The van der Waals surface area contributed by atoms with Crippen molar-refractivity contribution >= 4 is 16.9 Å². The van der Waals surface area contributed by atoms with Gasteiger partial charge in [-0.2, -0.15) is 0 Å². The Morgan fingerprint density at radius 1 is 1.15 bits per heavy atom. The molecule has 2 fully saturated rings. The van der Waals surface area contributed by atoms with Crippen molar-refractivity contribution in [3.63, 3.8) is 0 Å². The molecule has 5 rings (SSSR count). The highest BCUT2D eigenvalue weighted by atomic mass is 16.5. The molecule has 174 valence electrons. The van der Waals surface area contributed by atoms with Crippen LogP contribution in [-0.4, -0.2) is 58.2 Å². The average molecular weight is 448 g/mol. The fourth-order valence-electron chi connectivity index (χ4n) is 4.59. The van der Waals surface area contributed by atoms with Crippen LogP contribution in [0.3, 0.4) is 0 Å². The Hall–Kier alpha value is -2.77. The maximum atomic E-state index is 12.0. The van der Waals surface area contributed by atoms with E-state index in [1.807, 2.05) is 6.20 Å². The van der Waals surface area contributed by atoms with E-state index in [1.165, 1.54) is 17.5 Å². The van der Waals surface area contributed by atoms with Gasteiger partial charge in [0.15, 0.2) is 0 Å². The summed E-state index contributed by atoms with van der Waals surface area (Å²) in [5.41, 5.74) is 3.52. The predicted octanol–water partition coefficient (Wildman–Crippen LogP) is 3.16. The molecule has 0 spiro atoms. The molecule has 7 heteroatoms. The lowest BCUT2D eigenvalue weighted by Gasteiger charge is -2.26. The van der Waals surface area contributed by atoms with Crippen molar-refractivity contribution in [1.82, 2.24) is 24.8 Å². The second kappa shape index (κ2) is 10.4. The molecule has 1 aliphatic heterocycles. The first kappa shape index (κ1) is 22.0. The van der Waals surface area contributed by atoms with Crippen molar-refractivity contribution in [3.05, 3.63) is 59.7 Å². The first-order valence-electron chi connectivity index (χ1n) is 12.2. The minimum Gasteiger partial charge on any atom is -0.379 e. The van der Waals surface area contributed by atoms with Crippen molar-refractivity contribution in [2.45, 2.75) is 45.2 Å². The summed E-state index contributed by atoms with van der Waals surface area (Å²) in [4.78, 5) is 23.9. The number of fused-ring (bicyclic) bond motifs is 1. The summed E-state index contributed by atoms with van der Waals surface area (Å²) in [6.45, 7) is 6.12. The quantitative estimate of drug-likeness (QED) is 0.510. The Morgan fingerprint density at radius 2 is 2.00 bits per heavy atom. The van der Waals surface area contributed by atoms with Gasteiger partial charge in [-0.15, -0.1) is 0 Å². The largest absolute Gasteiger partial charge is 0.379 e. The number of morpholine rings is 1. The van der Waals surface area contributed by atoms with Crippen LogP contribution in [0.1, 0.15) is 42.6 Å². The first-order valence-corrected chi connectivity index (χ1v) is 12.2. The lowest BCUT2D eigenvalue weighted by atomic mass is 9.85. The highest BCUT2D eigenvalue weighted by Gasteiger charge is 2.24. The number of benzene rings is 1. The van der Waals surface area contributed by atoms with Crippen LogP contribution in [0, 0.1) is 5.92 Å². The standard InChI is InChI=1S/C26H33N5O2/c32-26(22-6-2-7-22)27-9-3-10-31-11-8-23-18-28-24(29-25(23)31)17-20-4-1-5-21(16-20)19-30-12-14-33-15-13-30/h1,4-5,8,11,16,18,22H,2-3,6-7,9-10,12-15,17,19H2,(H,27,32). The highest BCUT2D eigenvalue weighted by molar-refractivity contribution is 5.79. The van der Waals surface area contributed by atoms with Crippen LogP contribution >= 0.6 is 0 Å². The number of hydrogen-bond acceptors (Lipinski definition) is 5. The monoisotopic (exact) mass is 447 g/mol. The molecule has 0 unspecified atom stereocenters. The Morgan fingerprint density at radius 3 is 2.82 bits per heavy atom. The van der Waals surface area contributed by atoms with Crippen molar-refractivity contribution in [3.8, 4) is 0 Å². The van der Waals surface area contributed by atoms with Crippen LogP contribution < -0.4 is 5.32 Å². The zero-order valence-corrected chi connectivity index (χ0v) is 19.2. The van der Waals surface area contributed by atoms with Gasteiger partial charge in [-0.25, -0.2) is 9.97 Å². The number of nitrogens with zero attached hydrogens (tertiary/aromatic N) is 4. The number of rotatable bonds is 9. The maximum absolute atomic E-state index is 12.0. The molecule has 1 amide bonds.